The summed E-state index contributed by atoms with van der Waals surface area (Å²) >= 11 is 14.0. The highest BCUT2D eigenvalue weighted by atomic mass is 127. The zero-order valence-electron chi connectivity index (χ0n) is 20.5. The van der Waals surface area contributed by atoms with Crippen LogP contribution in [0.4, 0.5) is 11.4 Å². The number of nitrogens with one attached hydrogen (secondary N) is 1. The number of carbonyl (C=O) groups excluding carboxylic acids is 3. The molecule has 1 heterocycles. The van der Waals surface area contributed by atoms with Crippen LogP contribution in [0, 0.1) is 3.57 Å². The summed E-state index contributed by atoms with van der Waals surface area (Å²) in [6.07, 6.45) is 0.540. The fraction of sp³-hybridized carbons (Fsp3) is 0.214. The van der Waals surface area contributed by atoms with Gasteiger partial charge in [-0.1, -0.05) is 23.7 Å². The molecule has 38 heavy (non-hydrogen) atoms. The van der Waals surface area contributed by atoms with Crippen LogP contribution in [0.15, 0.2) is 72.8 Å². The summed E-state index contributed by atoms with van der Waals surface area (Å²) in [4.78, 5) is 41.9. The third-order valence-electron chi connectivity index (χ3n) is 6.02. The summed E-state index contributed by atoms with van der Waals surface area (Å²) in [6.45, 7) is 2.44. The van der Waals surface area contributed by atoms with Crippen molar-refractivity contribution in [3.05, 3.63) is 92.5 Å². The first-order chi connectivity index (χ1) is 18.3. The van der Waals surface area contributed by atoms with Gasteiger partial charge in [0.25, 0.3) is 5.91 Å². The number of hydrogen-bond acceptors (Lipinski definition) is 5. The van der Waals surface area contributed by atoms with Crippen molar-refractivity contribution in [1.29, 1.82) is 0 Å². The standard InChI is InChI=1S/C28H25ClIN3O4S/c1-2-37-27(36)19-5-13-23(14-6-19)33-26(35)24(17-25(34)31-22-11-9-21(30)10-12-22)32(28(33)38)16-15-18-3-7-20(29)8-4-18/h3-14,24H,2,15-17H2,1H3,(H,31,34). The Hall–Kier alpha value is -3.02. The molecule has 0 bridgehead atoms. The van der Waals surface area contributed by atoms with Gasteiger partial charge in [-0.05, 0) is 114 Å². The zero-order valence-corrected chi connectivity index (χ0v) is 24.3. The minimum Gasteiger partial charge on any atom is -0.462 e. The van der Waals surface area contributed by atoms with Gasteiger partial charge in [-0.25, -0.2) is 4.79 Å². The lowest BCUT2D eigenvalue weighted by Crippen LogP contribution is -2.39. The van der Waals surface area contributed by atoms with E-state index in [1.54, 1.807) is 36.1 Å². The molecular weight excluding hydrogens is 637 g/mol. The first kappa shape index (κ1) is 28.0. The minimum atomic E-state index is -0.775. The van der Waals surface area contributed by atoms with E-state index in [2.05, 4.69) is 27.9 Å². The Morgan fingerprint density at radius 2 is 1.68 bits per heavy atom. The number of hydrogen-bond donors (Lipinski definition) is 1. The SMILES string of the molecule is CCOC(=O)c1ccc(N2C(=O)C(CC(=O)Nc3ccc(I)cc3)N(CCc3ccc(Cl)cc3)C2=S)cc1. The van der Waals surface area contributed by atoms with Crippen molar-refractivity contribution in [1.82, 2.24) is 4.90 Å². The van der Waals surface area contributed by atoms with Crippen LogP contribution in [0.1, 0.15) is 29.3 Å². The highest BCUT2D eigenvalue weighted by molar-refractivity contribution is 14.1. The first-order valence-electron chi connectivity index (χ1n) is 12.0. The molecule has 1 fully saturated rings. The number of rotatable bonds is 9. The van der Waals surface area contributed by atoms with Crippen molar-refractivity contribution >= 4 is 80.7 Å². The highest BCUT2D eigenvalue weighted by Gasteiger charge is 2.44. The van der Waals surface area contributed by atoms with E-state index in [1.165, 1.54) is 4.90 Å². The van der Waals surface area contributed by atoms with Gasteiger partial charge >= 0.3 is 5.97 Å². The number of amides is 2. The molecule has 0 saturated carbocycles. The van der Waals surface area contributed by atoms with E-state index in [9.17, 15) is 14.4 Å². The second-order valence-electron chi connectivity index (χ2n) is 8.57. The number of nitrogens with zero attached hydrogens (tertiary/aromatic N) is 2. The molecule has 10 heteroatoms. The van der Waals surface area contributed by atoms with Crippen LogP contribution < -0.4 is 10.2 Å². The minimum absolute atomic E-state index is 0.0665. The number of esters is 1. The second kappa shape index (κ2) is 12.7. The lowest BCUT2D eigenvalue weighted by molar-refractivity contribution is -0.124. The van der Waals surface area contributed by atoms with Crippen LogP contribution >= 0.6 is 46.4 Å². The molecule has 4 rings (SSSR count). The third kappa shape index (κ3) is 6.69. The number of halogens is 2. The summed E-state index contributed by atoms with van der Waals surface area (Å²) in [7, 11) is 0. The quantitative estimate of drug-likeness (QED) is 0.180. The lowest BCUT2D eigenvalue weighted by Gasteiger charge is -2.24. The maximum Gasteiger partial charge on any atom is 0.338 e. The van der Waals surface area contributed by atoms with Gasteiger partial charge in [0.15, 0.2) is 5.11 Å². The molecule has 0 spiro atoms. The van der Waals surface area contributed by atoms with Crippen LogP contribution in [-0.2, 0) is 20.7 Å². The summed E-state index contributed by atoms with van der Waals surface area (Å²) in [5.41, 5.74) is 2.58. The van der Waals surface area contributed by atoms with Crippen LogP contribution in [-0.4, -0.2) is 47.0 Å². The summed E-state index contributed by atoms with van der Waals surface area (Å²) in [5.74, 6) is -1.03. The number of benzene rings is 3. The molecule has 3 aromatic rings. The van der Waals surface area contributed by atoms with Crippen LogP contribution in [0.2, 0.25) is 5.02 Å². The topological polar surface area (TPSA) is 78.9 Å². The monoisotopic (exact) mass is 661 g/mol. The van der Waals surface area contributed by atoms with Gasteiger partial charge in [0.2, 0.25) is 5.91 Å². The lowest BCUT2D eigenvalue weighted by atomic mass is 10.1. The van der Waals surface area contributed by atoms with Gasteiger partial charge in [0.1, 0.15) is 6.04 Å². The summed E-state index contributed by atoms with van der Waals surface area (Å²) < 4.78 is 6.09. The number of anilines is 2. The van der Waals surface area contributed by atoms with Crippen LogP contribution in [0.5, 0.6) is 0 Å². The van der Waals surface area contributed by atoms with E-state index in [0.29, 0.717) is 40.0 Å². The smallest absolute Gasteiger partial charge is 0.338 e. The van der Waals surface area contributed by atoms with Crippen molar-refractivity contribution in [2.75, 3.05) is 23.4 Å². The molecule has 7 nitrogen and oxygen atoms in total. The second-order valence-corrected chi connectivity index (χ2v) is 10.6. The fourth-order valence-electron chi connectivity index (χ4n) is 4.11. The zero-order chi connectivity index (χ0) is 27.2. The van der Waals surface area contributed by atoms with Crippen molar-refractivity contribution in [2.45, 2.75) is 25.8 Å². The first-order valence-corrected chi connectivity index (χ1v) is 13.8. The summed E-state index contributed by atoms with van der Waals surface area (Å²) in [5, 5.41) is 3.82. The van der Waals surface area contributed by atoms with E-state index < -0.39 is 12.0 Å². The van der Waals surface area contributed by atoms with E-state index in [1.807, 2.05) is 48.5 Å². The molecular formula is C28H25ClIN3O4S. The van der Waals surface area contributed by atoms with Crippen molar-refractivity contribution in [3.8, 4) is 0 Å². The van der Waals surface area contributed by atoms with E-state index in [4.69, 9.17) is 28.6 Å². The number of ether oxygens (including phenoxy) is 1. The predicted molar refractivity (Wildman–Crippen MR) is 161 cm³/mol. The molecule has 0 aliphatic carbocycles. The fourth-order valence-corrected chi connectivity index (χ4v) is 5.01. The molecule has 1 atom stereocenters. The average molecular weight is 662 g/mol. The van der Waals surface area contributed by atoms with Crippen molar-refractivity contribution in [3.63, 3.8) is 0 Å². The molecule has 0 aromatic heterocycles. The Labute approximate surface area is 245 Å². The highest BCUT2D eigenvalue weighted by Crippen LogP contribution is 2.28. The molecule has 0 radical (unpaired) electrons. The summed E-state index contributed by atoms with van der Waals surface area (Å²) in [6, 6.07) is 20.6. The molecule has 196 valence electrons. The molecule has 1 unspecified atom stereocenters. The Bertz CT molecular complexity index is 1330. The Morgan fingerprint density at radius 3 is 2.32 bits per heavy atom. The average Bonchev–Trinajstić information content (AvgIpc) is 3.13. The molecule has 1 aliphatic heterocycles. The predicted octanol–water partition coefficient (Wildman–Crippen LogP) is 5.69. The van der Waals surface area contributed by atoms with Gasteiger partial charge in [0.05, 0.1) is 24.3 Å². The van der Waals surface area contributed by atoms with Gasteiger partial charge in [0, 0.05) is 20.8 Å². The van der Waals surface area contributed by atoms with Crippen molar-refractivity contribution < 1.29 is 19.1 Å². The third-order valence-corrected chi connectivity index (χ3v) is 7.40. The van der Waals surface area contributed by atoms with E-state index in [-0.39, 0.29) is 24.8 Å². The normalized spacial score (nSPS) is 15.1. The van der Waals surface area contributed by atoms with Crippen LogP contribution in [0.3, 0.4) is 0 Å². The molecule has 1 N–H and O–H groups in total. The molecule has 3 aromatic carbocycles. The van der Waals surface area contributed by atoms with Gasteiger partial charge in [-0.2, -0.15) is 0 Å². The van der Waals surface area contributed by atoms with Crippen molar-refractivity contribution in [2.24, 2.45) is 0 Å². The van der Waals surface area contributed by atoms with E-state index in [0.717, 1.165) is 9.13 Å². The maximum atomic E-state index is 13.6. The number of carbonyl (C=O) groups is 3. The molecule has 1 aliphatic rings. The molecule has 1 saturated heterocycles. The number of thiocarbonyl (C=S) groups is 1. The largest absolute Gasteiger partial charge is 0.462 e. The van der Waals surface area contributed by atoms with E-state index >= 15 is 0 Å². The van der Waals surface area contributed by atoms with Crippen LogP contribution in [0.25, 0.3) is 0 Å². The Morgan fingerprint density at radius 1 is 1.03 bits per heavy atom. The van der Waals surface area contributed by atoms with Gasteiger partial charge in [-0.15, -0.1) is 0 Å². The van der Waals surface area contributed by atoms with Gasteiger partial charge < -0.3 is 15.0 Å². The van der Waals surface area contributed by atoms with Gasteiger partial charge in [-0.3, -0.25) is 14.5 Å². The molecule has 2 amide bonds. The Kier molecular flexibility index (Phi) is 9.35. The Balaban J connectivity index is 1.55. The maximum absolute atomic E-state index is 13.6.